The Labute approximate surface area is 128 Å². The number of pyridine rings is 1. The van der Waals surface area contributed by atoms with E-state index in [2.05, 4.69) is 25.8 Å². The van der Waals surface area contributed by atoms with Crippen LogP contribution in [0.25, 0.3) is 0 Å². The summed E-state index contributed by atoms with van der Waals surface area (Å²) in [7, 11) is 0. The third-order valence-electron chi connectivity index (χ3n) is 3.21. The summed E-state index contributed by atoms with van der Waals surface area (Å²) in [5.74, 6) is -1.09. The molecule has 0 saturated carbocycles. The Bertz CT molecular complexity index is 675. The van der Waals surface area contributed by atoms with Gasteiger partial charge in [-0.1, -0.05) is 32.9 Å². The molecule has 0 bridgehead atoms. The van der Waals surface area contributed by atoms with Crippen LogP contribution in [0.2, 0.25) is 0 Å². The highest BCUT2D eigenvalue weighted by Gasteiger charge is 2.15. The van der Waals surface area contributed by atoms with Crippen LogP contribution in [0.4, 0.5) is 4.39 Å². The van der Waals surface area contributed by atoms with Gasteiger partial charge < -0.3 is 9.84 Å². The largest absolute Gasteiger partial charge is 0.436 e. The molecule has 4 nitrogen and oxygen atoms in total. The first-order valence-corrected chi connectivity index (χ1v) is 6.89. The summed E-state index contributed by atoms with van der Waals surface area (Å²) in [6.07, 6.45) is 1.18. The minimum atomic E-state index is -0.751. The number of ether oxygens (including phenoxy) is 1. The number of rotatable bonds is 4. The topological polar surface area (TPSA) is 59.4 Å². The van der Waals surface area contributed by atoms with Crippen LogP contribution < -0.4 is 4.74 Å². The van der Waals surface area contributed by atoms with Crippen LogP contribution >= 0.6 is 0 Å². The quantitative estimate of drug-likeness (QED) is 0.878. The molecule has 0 aliphatic heterocycles. The van der Waals surface area contributed by atoms with E-state index in [1.807, 2.05) is 12.1 Å². The van der Waals surface area contributed by atoms with Crippen molar-refractivity contribution in [2.75, 3.05) is 6.61 Å². The van der Waals surface area contributed by atoms with E-state index in [0.717, 1.165) is 11.6 Å². The van der Waals surface area contributed by atoms with Crippen molar-refractivity contribution >= 4 is 5.78 Å². The van der Waals surface area contributed by atoms with E-state index in [4.69, 9.17) is 9.84 Å². The first kappa shape index (κ1) is 16.1. The van der Waals surface area contributed by atoms with Crippen molar-refractivity contribution < 1.29 is 19.0 Å². The zero-order chi connectivity index (χ0) is 16.3. The summed E-state index contributed by atoms with van der Waals surface area (Å²) in [4.78, 5) is 15.1. The Balaban J connectivity index is 2.19. The number of aromatic nitrogens is 1. The molecular weight excluding hydrogens is 285 g/mol. The molecule has 0 radical (unpaired) electrons. The predicted molar refractivity (Wildman–Crippen MR) is 80.8 cm³/mol. The first-order chi connectivity index (χ1) is 10.3. The second kappa shape index (κ2) is 6.23. The van der Waals surface area contributed by atoms with Gasteiger partial charge in [0.05, 0.1) is 0 Å². The molecule has 1 aromatic carbocycles. The zero-order valence-electron chi connectivity index (χ0n) is 12.8. The van der Waals surface area contributed by atoms with Gasteiger partial charge in [-0.05, 0) is 29.2 Å². The van der Waals surface area contributed by atoms with Crippen molar-refractivity contribution in [1.82, 2.24) is 4.98 Å². The molecule has 0 spiro atoms. The fraction of sp³-hybridized carbons (Fsp3) is 0.294. The molecule has 0 aliphatic carbocycles. The molecule has 22 heavy (non-hydrogen) atoms. The fourth-order valence-electron chi connectivity index (χ4n) is 1.88. The number of nitrogens with zero attached hydrogens (tertiary/aromatic N) is 1. The average Bonchev–Trinajstić information content (AvgIpc) is 2.48. The number of benzene rings is 1. The van der Waals surface area contributed by atoms with Gasteiger partial charge in [0.25, 0.3) is 5.88 Å². The lowest BCUT2D eigenvalue weighted by Crippen LogP contribution is -2.10. The van der Waals surface area contributed by atoms with Gasteiger partial charge in [0, 0.05) is 11.8 Å². The van der Waals surface area contributed by atoms with Crippen LogP contribution in [-0.2, 0) is 5.41 Å². The number of carbonyl (C=O) groups excluding carboxylic acids is 1. The van der Waals surface area contributed by atoms with Crippen molar-refractivity contribution in [2.24, 2.45) is 0 Å². The smallest absolute Gasteiger partial charge is 0.255 e. The summed E-state index contributed by atoms with van der Waals surface area (Å²) in [5, 5.41) is 8.74. The lowest BCUT2D eigenvalue weighted by molar-refractivity contribution is 0.0903. The summed E-state index contributed by atoms with van der Waals surface area (Å²) < 4.78 is 19.3. The first-order valence-electron chi connectivity index (χ1n) is 6.89. The summed E-state index contributed by atoms with van der Waals surface area (Å²) in [6, 6.07) is 8.32. The van der Waals surface area contributed by atoms with Crippen molar-refractivity contribution in [1.29, 1.82) is 0 Å². The van der Waals surface area contributed by atoms with Crippen molar-refractivity contribution in [3.8, 4) is 11.6 Å². The molecule has 0 aliphatic rings. The molecule has 2 aromatic rings. The van der Waals surface area contributed by atoms with Crippen molar-refractivity contribution in [3.05, 3.63) is 53.5 Å². The van der Waals surface area contributed by atoms with E-state index in [1.165, 1.54) is 6.20 Å². The Hall–Kier alpha value is -2.27. The molecule has 1 heterocycles. The number of aliphatic hydroxyl groups excluding tert-OH is 1. The maximum Gasteiger partial charge on any atom is 0.255 e. The van der Waals surface area contributed by atoms with Gasteiger partial charge in [-0.25, -0.2) is 9.37 Å². The van der Waals surface area contributed by atoms with Gasteiger partial charge in [-0.15, -0.1) is 0 Å². The zero-order valence-corrected chi connectivity index (χ0v) is 12.8. The molecule has 0 atom stereocenters. The second-order valence-corrected chi connectivity index (χ2v) is 5.97. The lowest BCUT2D eigenvalue weighted by atomic mass is 9.87. The van der Waals surface area contributed by atoms with Gasteiger partial charge in [-0.3, -0.25) is 4.79 Å². The molecule has 116 valence electrons. The van der Waals surface area contributed by atoms with Crippen LogP contribution in [0.3, 0.4) is 0 Å². The molecule has 1 N–H and O–H groups in total. The monoisotopic (exact) mass is 303 g/mol. The molecule has 1 aromatic heterocycles. The van der Waals surface area contributed by atoms with Gasteiger partial charge in [0.1, 0.15) is 12.4 Å². The summed E-state index contributed by atoms with van der Waals surface area (Å²) in [6.45, 7) is 5.61. The number of halogens is 1. The van der Waals surface area contributed by atoms with Gasteiger partial charge in [0.15, 0.2) is 11.6 Å². The van der Waals surface area contributed by atoms with Crippen LogP contribution in [0.5, 0.6) is 11.6 Å². The van der Waals surface area contributed by atoms with E-state index in [0.29, 0.717) is 5.75 Å². The third-order valence-corrected chi connectivity index (χ3v) is 3.21. The molecule has 0 fully saturated rings. The lowest BCUT2D eigenvalue weighted by Gasteiger charge is -2.19. The van der Waals surface area contributed by atoms with Gasteiger partial charge in [-0.2, -0.15) is 0 Å². The fourth-order valence-corrected chi connectivity index (χ4v) is 1.88. The van der Waals surface area contributed by atoms with Crippen LogP contribution in [0, 0.1) is 5.82 Å². The maximum absolute atomic E-state index is 13.9. The van der Waals surface area contributed by atoms with Gasteiger partial charge >= 0.3 is 0 Å². The van der Waals surface area contributed by atoms with E-state index >= 15 is 0 Å². The summed E-state index contributed by atoms with van der Waals surface area (Å²) in [5.41, 5.74) is 1.17. The van der Waals surface area contributed by atoms with Crippen molar-refractivity contribution in [3.63, 3.8) is 0 Å². The Kier molecular flexibility index (Phi) is 4.56. The molecule has 5 heteroatoms. The number of ketones is 1. The standard InChI is InChI=1S/C17H18FNO3/c1-17(2,3)12-4-6-13(7-5-12)22-16-14(18)8-11(9-19-16)15(21)10-20/h4-9,20H,10H2,1-3H3. The molecule has 0 saturated heterocycles. The number of Topliss-reactive ketones (excluding diaryl/α,β-unsaturated/α-hetero) is 1. The van der Waals surface area contributed by atoms with Crippen LogP contribution in [-0.4, -0.2) is 22.5 Å². The minimum Gasteiger partial charge on any atom is -0.436 e. The molecular formula is C17H18FNO3. The highest BCUT2D eigenvalue weighted by molar-refractivity contribution is 5.96. The SMILES string of the molecule is CC(C)(C)c1ccc(Oc2ncc(C(=O)CO)cc2F)cc1. The number of hydrogen-bond donors (Lipinski definition) is 1. The number of hydrogen-bond acceptors (Lipinski definition) is 4. The highest BCUT2D eigenvalue weighted by Crippen LogP contribution is 2.27. The van der Waals surface area contributed by atoms with Crippen LogP contribution in [0.1, 0.15) is 36.7 Å². The second-order valence-electron chi connectivity index (χ2n) is 5.97. The van der Waals surface area contributed by atoms with E-state index < -0.39 is 18.2 Å². The normalized spacial score (nSPS) is 11.3. The third kappa shape index (κ3) is 3.68. The van der Waals surface area contributed by atoms with Gasteiger partial charge in [0.2, 0.25) is 0 Å². The van der Waals surface area contributed by atoms with E-state index in [-0.39, 0.29) is 16.9 Å². The Morgan fingerprint density at radius 3 is 2.41 bits per heavy atom. The summed E-state index contributed by atoms with van der Waals surface area (Å²) >= 11 is 0. The van der Waals surface area contributed by atoms with E-state index in [9.17, 15) is 9.18 Å². The van der Waals surface area contributed by atoms with E-state index in [1.54, 1.807) is 12.1 Å². The Morgan fingerprint density at radius 2 is 1.91 bits per heavy atom. The number of carbonyl (C=O) groups is 1. The number of aliphatic hydroxyl groups is 1. The molecule has 0 unspecified atom stereocenters. The Morgan fingerprint density at radius 1 is 1.27 bits per heavy atom. The van der Waals surface area contributed by atoms with Crippen LogP contribution in [0.15, 0.2) is 36.5 Å². The average molecular weight is 303 g/mol. The predicted octanol–water partition coefficient (Wildman–Crippen LogP) is 3.49. The highest BCUT2D eigenvalue weighted by atomic mass is 19.1. The van der Waals surface area contributed by atoms with Crippen molar-refractivity contribution in [2.45, 2.75) is 26.2 Å². The minimum absolute atomic E-state index is 0.00966. The molecule has 0 amide bonds. The maximum atomic E-state index is 13.9. The molecule has 2 rings (SSSR count).